The Morgan fingerprint density at radius 1 is 1.22 bits per heavy atom. The number of carbonyl (C=O) groups excluding carboxylic acids is 1. The van der Waals surface area contributed by atoms with Gasteiger partial charge in [0.25, 0.3) is 5.91 Å². The van der Waals surface area contributed by atoms with Gasteiger partial charge in [0.1, 0.15) is 5.75 Å². The second-order valence-corrected chi connectivity index (χ2v) is 4.78. The lowest BCUT2D eigenvalue weighted by Crippen LogP contribution is -2.25. The van der Waals surface area contributed by atoms with Crippen molar-refractivity contribution in [2.24, 2.45) is 5.10 Å². The molecule has 0 atom stereocenters. The van der Waals surface area contributed by atoms with Gasteiger partial charge in [0.2, 0.25) is 0 Å². The third-order valence-corrected chi connectivity index (χ3v) is 3.03. The van der Waals surface area contributed by atoms with Crippen molar-refractivity contribution in [2.75, 3.05) is 12.3 Å². The molecule has 0 heterocycles. The van der Waals surface area contributed by atoms with E-state index in [1.54, 1.807) is 43.3 Å². The van der Waals surface area contributed by atoms with Gasteiger partial charge in [-0.2, -0.15) is 10.4 Å². The minimum atomic E-state index is -0.371. The van der Waals surface area contributed by atoms with E-state index in [9.17, 15) is 4.79 Å². The molecule has 1 amide bonds. The van der Waals surface area contributed by atoms with Crippen LogP contribution in [0.1, 0.15) is 18.1 Å². The number of hydrazone groups is 1. The number of hydrogen-bond acceptors (Lipinski definition) is 5. The number of anilines is 1. The van der Waals surface area contributed by atoms with Gasteiger partial charge >= 0.3 is 0 Å². The summed E-state index contributed by atoms with van der Waals surface area (Å²) in [6.07, 6.45) is 0. The molecule has 0 spiro atoms. The fourth-order valence-electron chi connectivity index (χ4n) is 1.74. The highest BCUT2D eigenvalue weighted by atomic mass is 16.5. The number of nitrogen functional groups attached to an aromatic ring is 1. The zero-order valence-corrected chi connectivity index (χ0v) is 12.6. The number of nitriles is 1. The zero-order valence-electron chi connectivity index (χ0n) is 12.6. The molecular formula is C17H16N4O2. The summed E-state index contributed by atoms with van der Waals surface area (Å²) in [5.74, 6) is 0.141. The van der Waals surface area contributed by atoms with Gasteiger partial charge in [-0.1, -0.05) is 12.1 Å². The molecule has 2 aromatic rings. The number of rotatable bonds is 5. The Labute approximate surface area is 134 Å². The molecule has 0 saturated heterocycles. The maximum atomic E-state index is 11.7. The second-order valence-electron chi connectivity index (χ2n) is 4.78. The molecule has 6 heteroatoms. The van der Waals surface area contributed by atoms with Crippen molar-refractivity contribution in [3.8, 4) is 11.8 Å². The first-order chi connectivity index (χ1) is 11.1. The average molecular weight is 308 g/mol. The van der Waals surface area contributed by atoms with Crippen molar-refractivity contribution in [3.63, 3.8) is 0 Å². The van der Waals surface area contributed by atoms with Gasteiger partial charge in [0.05, 0.1) is 17.3 Å². The minimum Gasteiger partial charge on any atom is -0.484 e. The van der Waals surface area contributed by atoms with Gasteiger partial charge in [-0.15, -0.1) is 0 Å². The van der Waals surface area contributed by atoms with Gasteiger partial charge in [-0.05, 0) is 48.9 Å². The molecule has 0 bridgehead atoms. The van der Waals surface area contributed by atoms with E-state index in [-0.39, 0.29) is 12.5 Å². The number of benzene rings is 2. The maximum absolute atomic E-state index is 11.7. The van der Waals surface area contributed by atoms with Crippen molar-refractivity contribution in [3.05, 3.63) is 59.7 Å². The van der Waals surface area contributed by atoms with Gasteiger partial charge in [-0.25, -0.2) is 5.43 Å². The third kappa shape index (κ3) is 4.86. The lowest BCUT2D eigenvalue weighted by molar-refractivity contribution is -0.123. The monoisotopic (exact) mass is 308 g/mol. The molecule has 2 rings (SSSR count). The van der Waals surface area contributed by atoms with Crippen molar-refractivity contribution in [2.45, 2.75) is 6.92 Å². The lowest BCUT2D eigenvalue weighted by Gasteiger charge is -2.06. The summed E-state index contributed by atoms with van der Waals surface area (Å²) >= 11 is 0. The van der Waals surface area contributed by atoms with Gasteiger partial charge in [0, 0.05) is 5.69 Å². The van der Waals surface area contributed by atoms with Crippen LogP contribution in [0.4, 0.5) is 5.69 Å². The predicted molar refractivity (Wildman–Crippen MR) is 87.9 cm³/mol. The van der Waals surface area contributed by atoms with Crippen LogP contribution in [0.5, 0.6) is 5.75 Å². The van der Waals surface area contributed by atoms with E-state index in [0.717, 1.165) is 5.56 Å². The van der Waals surface area contributed by atoms with Crippen molar-refractivity contribution >= 4 is 17.3 Å². The zero-order chi connectivity index (χ0) is 16.7. The van der Waals surface area contributed by atoms with E-state index >= 15 is 0 Å². The molecule has 0 aliphatic heterocycles. The summed E-state index contributed by atoms with van der Waals surface area (Å²) in [4.78, 5) is 11.7. The highest BCUT2D eigenvalue weighted by molar-refractivity contribution is 5.99. The van der Waals surface area contributed by atoms with E-state index in [1.807, 2.05) is 18.2 Å². The number of ether oxygens (including phenoxy) is 1. The number of nitrogens with two attached hydrogens (primary N) is 1. The summed E-state index contributed by atoms with van der Waals surface area (Å²) in [5.41, 5.74) is 10.8. The van der Waals surface area contributed by atoms with E-state index in [0.29, 0.717) is 22.7 Å². The Bertz CT molecular complexity index is 744. The van der Waals surface area contributed by atoms with Crippen LogP contribution in [-0.2, 0) is 4.79 Å². The molecule has 2 aromatic carbocycles. The van der Waals surface area contributed by atoms with E-state index < -0.39 is 0 Å². The molecule has 0 aliphatic carbocycles. The van der Waals surface area contributed by atoms with Crippen molar-refractivity contribution < 1.29 is 9.53 Å². The van der Waals surface area contributed by atoms with Gasteiger partial charge in [-0.3, -0.25) is 4.79 Å². The summed E-state index contributed by atoms with van der Waals surface area (Å²) in [5, 5.41) is 12.7. The molecule has 0 radical (unpaired) electrons. The topological polar surface area (TPSA) is 100 Å². The maximum Gasteiger partial charge on any atom is 0.277 e. The van der Waals surface area contributed by atoms with Crippen LogP contribution in [0.25, 0.3) is 0 Å². The Kier molecular flexibility index (Phi) is 5.31. The number of nitrogens with zero attached hydrogens (tertiary/aromatic N) is 2. The summed E-state index contributed by atoms with van der Waals surface area (Å²) in [7, 11) is 0. The molecule has 6 nitrogen and oxygen atoms in total. The normalized spacial score (nSPS) is 10.7. The van der Waals surface area contributed by atoms with Crippen LogP contribution < -0.4 is 15.9 Å². The van der Waals surface area contributed by atoms with Crippen LogP contribution in [0.3, 0.4) is 0 Å². The first kappa shape index (κ1) is 16.0. The largest absolute Gasteiger partial charge is 0.484 e. The van der Waals surface area contributed by atoms with Crippen LogP contribution in [0.2, 0.25) is 0 Å². The minimum absolute atomic E-state index is 0.162. The van der Waals surface area contributed by atoms with E-state index in [4.69, 9.17) is 15.7 Å². The van der Waals surface area contributed by atoms with Crippen molar-refractivity contribution in [1.82, 2.24) is 5.43 Å². The Balaban J connectivity index is 1.85. The quantitative estimate of drug-likeness (QED) is 0.501. The Morgan fingerprint density at radius 3 is 2.48 bits per heavy atom. The summed E-state index contributed by atoms with van der Waals surface area (Å²) < 4.78 is 5.31. The third-order valence-electron chi connectivity index (χ3n) is 3.03. The van der Waals surface area contributed by atoms with E-state index in [2.05, 4.69) is 10.5 Å². The highest BCUT2D eigenvalue weighted by Crippen LogP contribution is 2.11. The smallest absolute Gasteiger partial charge is 0.277 e. The molecule has 0 unspecified atom stereocenters. The van der Waals surface area contributed by atoms with Crippen LogP contribution in [0, 0.1) is 11.3 Å². The Hall–Kier alpha value is -3.33. The summed E-state index contributed by atoms with van der Waals surface area (Å²) in [6.45, 7) is 1.62. The first-order valence-electron chi connectivity index (χ1n) is 6.90. The molecule has 0 fully saturated rings. The molecule has 23 heavy (non-hydrogen) atoms. The Morgan fingerprint density at radius 2 is 1.87 bits per heavy atom. The highest BCUT2D eigenvalue weighted by Gasteiger charge is 2.03. The van der Waals surface area contributed by atoms with Crippen molar-refractivity contribution in [1.29, 1.82) is 5.26 Å². The molecule has 3 N–H and O–H groups in total. The fourth-order valence-corrected chi connectivity index (χ4v) is 1.74. The predicted octanol–water partition coefficient (Wildman–Crippen LogP) is 2.06. The second kappa shape index (κ2) is 7.61. The number of carbonyl (C=O) groups is 1. The molecule has 0 aromatic heterocycles. The van der Waals surface area contributed by atoms with Crippen LogP contribution >= 0.6 is 0 Å². The fraction of sp³-hybridized carbons (Fsp3) is 0.118. The average Bonchev–Trinajstić information content (AvgIpc) is 2.59. The van der Waals surface area contributed by atoms with Gasteiger partial charge in [0.15, 0.2) is 6.61 Å². The van der Waals surface area contributed by atoms with Crippen LogP contribution in [0.15, 0.2) is 53.6 Å². The molecule has 0 saturated carbocycles. The number of hydrogen-bond donors (Lipinski definition) is 2. The van der Waals surface area contributed by atoms with Crippen LogP contribution in [-0.4, -0.2) is 18.2 Å². The number of amides is 1. The standard InChI is InChI=1S/C17H16N4O2/c1-12(14-4-6-15(19)7-5-14)20-21-17(22)11-23-16-8-2-13(10-18)3-9-16/h2-9H,11,19H2,1H3,(H,21,22)/b20-12-. The van der Waals surface area contributed by atoms with Gasteiger partial charge < -0.3 is 10.5 Å². The molecule has 0 aliphatic rings. The SMILES string of the molecule is C/C(=N/NC(=O)COc1ccc(C#N)cc1)c1ccc(N)cc1. The molecular weight excluding hydrogens is 292 g/mol. The van der Waals surface area contributed by atoms with E-state index in [1.165, 1.54) is 0 Å². The molecule has 116 valence electrons. The first-order valence-corrected chi connectivity index (χ1v) is 6.90. The number of nitrogens with one attached hydrogen (secondary N) is 1. The summed E-state index contributed by atoms with van der Waals surface area (Å²) in [6, 6.07) is 15.7. The lowest BCUT2D eigenvalue weighted by atomic mass is 10.1.